The van der Waals surface area contributed by atoms with Crippen molar-refractivity contribution >= 4 is 43.9 Å². The Morgan fingerprint density at radius 1 is 0.767 bits per heavy atom. The predicted molar refractivity (Wildman–Crippen MR) is 181 cm³/mol. The van der Waals surface area contributed by atoms with E-state index in [1.54, 1.807) is 0 Å². The molecule has 0 radical (unpaired) electrons. The number of pyridine rings is 1. The Morgan fingerprint density at radius 2 is 1.51 bits per heavy atom. The largest absolute Gasteiger partial charge is 0.437 e. The Hall–Kier alpha value is -4.44. The molecule has 0 saturated heterocycles. The van der Waals surface area contributed by atoms with E-state index >= 15 is 0 Å². The van der Waals surface area contributed by atoms with Crippen LogP contribution in [0.1, 0.15) is 82.7 Å². The van der Waals surface area contributed by atoms with Crippen LogP contribution >= 0.6 is 0 Å². The molecule has 4 aromatic carbocycles. The fourth-order valence-electron chi connectivity index (χ4n) is 6.62. The van der Waals surface area contributed by atoms with E-state index in [4.69, 9.17) is 14.4 Å². The summed E-state index contributed by atoms with van der Waals surface area (Å²) in [7, 11) is 0. The minimum atomic E-state index is -0.0738. The van der Waals surface area contributed by atoms with Crippen molar-refractivity contribution in [3.05, 3.63) is 101 Å². The van der Waals surface area contributed by atoms with Gasteiger partial charge in [0, 0.05) is 21.9 Å². The zero-order valence-corrected chi connectivity index (χ0v) is 26.4. The minimum Gasteiger partial charge on any atom is -0.437 e. The van der Waals surface area contributed by atoms with Crippen LogP contribution in [0.2, 0.25) is 0 Å². The molecule has 0 saturated carbocycles. The van der Waals surface area contributed by atoms with E-state index in [0.29, 0.717) is 17.5 Å². The van der Waals surface area contributed by atoms with E-state index in [9.17, 15) is 0 Å². The van der Waals surface area contributed by atoms with Gasteiger partial charge in [-0.2, -0.15) is 0 Å². The summed E-state index contributed by atoms with van der Waals surface area (Å²) in [5.74, 6) is 1.51. The van der Waals surface area contributed by atoms with Crippen molar-refractivity contribution in [2.75, 3.05) is 0 Å². The van der Waals surface area contributed by atoms with Gasteiger partial charge in [0.15, 0.2) is 0 Å². The molecule has 0 atom stereocenters. The Labute approximate surface area is 253 Å². The first kappa shape index (κ1) is 27.4. The van der Waals surface area contributed by atoms with E-state index in [2.05, 4.69) is 139 Å². The van der Waals surface area contributed by atoms with Crippen LogP contribution in [-0.4, -0.2) is 14.5 Å². The number of fused-ring (bicyclic) bond motifs is 5. The Morgan fingerprint density at radius 3 is 2.26 bits per heavy atom. The third kappa shape index (κ3) is 4.26. The molecule has 43 heavy (non-hydrogen) atoms. The SMILES string of the molecule is Cc1ccc(-c2nc3ccccc3n2-c2c(C(C)C)cc3ccccc3c2C(C)C)c2oc3nc(C(C)(C)C)ccc3c12. The summed E-state index contributed by atoms with van der Waals surface area (Å²) in [6.07, 6.45) is 0. The molecule has 0 aliphatic rings. The van der Waals surface area contributed by atoms with Gasteiger partial charge in [0.05, 0.1) is 22.3 Å². The molecule has 0 bridgehead atoms. The summed E-state index contributed by atoms with van der Waals surface area (Å²) in [6.45, 7) is 17.9. The molecule has 4 nitrogen and oxygen atoms in total. The summed E-state index contributed by atoms with van der Waals surface area (Å²) in [5.41, 5.74) is 10.5. The highest BCUT2D eigenvalue weighted by Gasteiger charge is 2.27. The fourth-order valence-corrected chi connectivity index (χ4v) is 6.62. The van der Waals surface area contributed by atoms with Crippen molar-refractivity contribution in [2.24, 2.45) is 0 Å². The number of aryl methyl sites for hydroxylation is 1. The third-order valence-corrected chi connectivity index (χ3v) is 8.78. The van der Waals surface area contributed by atoms with Gasteiger partial charge in [-0.15, -0.1) is 0 Å². The third-order valence-electron chi connectivity index (χ3n) is 8.78. The second-order valence-corrected chi connectivity index (χ2v) is 13.6. The molecule has 216 valence electrons. The second-order valence-electron chi connectivity index (χ2n) is 13.6. The molecule has 0 spiro atoms. The number of hydrogen-bond donors (Lipinski definition) is 0. The summed E-state index contributed by atoms with van der Waals surface area (Å²) in [4.78, 5) is 10.3. The van der Waals surface area contributed by atoms with Gasteiger partial charge in [-0.05, 0) is 82.6 Å². The van der Waals surface area contributed by atoms with Crippen LogP contribution in [0.4, 0.5) is 0 Å². The zero-order valence-electron chi connectivity index (χ0n) is 26.4. The number of aromatic nitrogens is 3. The van der Waals surface area contributed by atoms with Gasteiger partial charge in [-0.3, -0.25) is 4.57 Å². The van der Waals surface area contributed by atoms with Crippen LogP contribution < -0.4 is 0 Å². The fraction of sp³-hybridized carbons (Fsp3) is 0.282. The maximum atomic E-state index is 6.70. The first-order valence-corrected chi connectivity index (χ1v) is 15.4. The normalized spacial score (nSPS) is 12.6. The summed E-state index contributed by atoms with van der Waals surface area (Å²) < 4.78 is 9.10. The van der Waals surface area contributed by atoms with Crippen molar-refractivity contribution in [1.29, 1.82) is 0 Å². The lowest BCUT2D eigenvalue weighted by Gasteiger charge is -2.25. The lowest BCUT2D eigenvalue weighted by molar-refractivity contribution is 0.562. The Kier molecular flexibility index (Phi) is 6.25. The molecule has 7 aromatic rings. The molecule has 4 heteroatoms. The van der Waals surface area contributed by atoms with E-state index in [0.717, 1.165) is 44.5 Å². The van der Waals surface area contributed by atoms with Crippen molar-refractivity contribution in [1.82, 2.24) is 14.5 Å². The summed E-state index contributed by atoms with van der Waals surface area (Å²) in [5, 5.41) is 4.71. The van der Waals surface area contributed by atoms with Crippen LogP contribution in [0.15, 0.2) is 83.3 Å². The smallest absolute Gasteiger partial charge is 0.227 e. The van der Waals surface area contributed by atoms with E-state index in [1.165, 1.54) is 33.2 Å². The number of imidazole rings is 1. The number of nitrogens with zero attached hydrogens (tertiary/aromatic N) is 3. The van der Waals surface area contributed by atoms with Crippen molar-refractivity contribution in [3.63, 3.8) is 0 Å². The minimum absolute atomic E-state index is 0.0738. The molecule has 0 fully saturated rings. The summed E-state index contributed by atoms with van der Waals surface area (Å²) in [6, 6.07) is 28.3. The molecule has 3 heterocycles. The van der Waals surface area contributed by atoms with Crippen molar-refractivity contribution in [3.8, 4) is 17.1 Å². The monoisotopic (exact) mass is 565 g/mol. The highest BCUT2D eigenvalue weighted by molar-refractivity contribution is 6.10. The molecule has 0 aliphatic heterocycles. The van der Waals surface area contributed by atoms with Gasteiger partial charge >= 0.3 is 0 Å². The average molecular weight is 566 g/mol. The Balaban J connectivity index is 1.63. The number of rotatable bonds is 4. The molecule has 3 aromatic heterocycles. The Bertz CT molecular complexity index is 2190. The van der Waals surface area contributed by atoms with Gasteiger partial charge in [0.2, 0.25) is 5.71 Å². The van der Waals surface area contributed by atoms with Gasteiger partial charge in [0.25, 0.3) is 0 Å². The second kappa shape index (κ2) is 9.80. The van der Waals surface area contributed by atoms with Crippen molar-refractivity contribution < 1.29 is 4.42 Å². The molecule has 0 N–H and O–H groups in total. The van der Waals surface area contributed by atoms with Crippen LogP contribution in [-0.2, 0) is 5.41 Å². The molecular weight excluding hydrogens is 526 g/mol. The molecule has 0 amide bonds. The average Bonchev–Trinajstić information content (AvgIpc) is 3.54. The zero-order chi connectivity index (χ0) is 30.2. The lowest BCUT2D eigenvalue weighted by atomic mass is 9.87. The predicted octanol–water partition coefficient (Wildman–Crippen LogP) is 11.0. The van der Waals surface area contributed by atoms with Gasteiger partial charge in [0.1, 0.15) is 11.4 Å². The quantitative estimate of drug-likeness (QED) is 0.213. The first-order valence-electron chi connectivity index (χ1n) is 15.4. The van der Waals surface area contributed by atoms with E-state index in [-0.39, 0.29) is 5.41 Å². The number of hydrogen-bond acceptors (Lipinski definition) is 3. The highest BCUT2D eigenvalue weighted by atomic mass is 16.3. The van der Waals surface area contributed by atoms with E-state index in [1.807, 2.05) is 0 Å². The molecular formula is C39H39N3O. The highest BCUT2D eigenvalue weighted by Crippen LogP contribution is 2.44. The first-order chi connectivity index (χ1) is 20.5. The maximum Gasteiger partial charge on any atom is 0.227 e. The van der Waals surface area contributed by atoms with Gasteiger partial charge < -0.3 is 4.42 Å². The summed E-state index contributed by atoms with van der Waals surface area (Å²) >= 11 is 0. The number of furan rings is 1. The number of para-hydroxylation sites is 2. The van der Waals surface area contributed by atoms with Gasteiger partial charge in [-0.25, -0.2) is 9.97 Å². The van der Waals surface area contributed by atoms with Gasteiger partial charge in [-0.1, -0.05) is 90.9 Å². The van der Waals surface area contributed by atoms with Crippen molar-refractivity contribution in [2.45, 2.75) is 72.6 Å². The van der Waals surface area contributed by atoms with E-state index < -0.39 is 0 Å². The lowest BCUT2D eigenvalue weighted by Crippen LogP contribution is -2.12. The number of benzene rings is 4. The molecule has 0 aliphatic carbocycles. The van der Waals surface area contributed by atoms with Crippen LogP contribution in [0.3, 0.4) is 0 Å². The molecule has 7 rings (SSSR count). The standard InChI is InChI=1S/C39H39N3O/c1-22(2)29-21-25-13-9-10-14-26(25)33(23(3)4)35(29)42-31-16-12-11-15-30(31)40-37(42)28-18-17-24(5)34-27-19-20-32(39(6,7)8)41-38(27)43-36(28)34/h9-23H,1-8H3. The van der Waals surface area contributed by atoms with Crippen LogP contribution in [0.25, 0.3) is 61.0 Å². The topological polar surface area (TPSA) is 43.9 Å². The van der Waals surface area contributed by atoms with Crippen LogP contribution in [0.5, 0.6) is 0 Å². The maximum absolute atomic E-state index is 6.70. The van der Waals surface area contributed by atoms with Crippen LogP contribution in [0, 0.1) is 6.92 Å². The molecule has 0 unspecified atom stereocenters.